The normalized spacial score (nSPS) is 11.1. The van der Waals surface area contributed by atoms with E-state index in [-0.39, 0.29) is 5.82 Å². The second kappa shape index (κ2) is 7.41. The Balaban J connectivity index is 2.32. The van der Waals surface area contributed by atoms with Gasteiger partial charge < -0.3 is 4.90 Å². The Morgan fingerprint density at radius 1 is 1.27 bits per heavy atom. The van der Waals surface area contributed by atoms with E-state index in [1.165, 1.54) is 12.1 Å². The van der Waals surface area contributed by atoms with Crippen molar-refractivity contribution in [3.8, 4) is 0 Å². The Kier molecular flexibility index (Phi) is 5.56. The zero-order valence-electron chi connectivity index (χ0n) is 13.1. The SMILES string of the molecule is CCN(C)/C=N\c1cc(C)cc(Cc2cccc(F)c2)c1Cl. The number of hydrogen-bond donors (Lipinski definition) is 0. The van der Waals surface area contributed by atoms with Crippen LogP contribution >= 0.6 is 11.6 Å². The topological polar surface area (TPSA) is 15.6 Å². The van der Waals surface area contributed by atoms with E-state index in [0.717, 1.165) is 28.9 Å². The van der Waals surface area contributed by atoms with Crippen LogP contribution in [-0.2, 0) is 6.42 Å². The van der Waals surface area contributed by atoms with Gasteiger partial charge in [0.05, 0.1) is 17.0 Å². The fourth-order valence-electron chi connectivity index (χ4n) is 2.16. The third-order valence-electron chi connectivity index (χ3n) is 3.45. The summed E-state index contributed by atoms with van der Waals surface area (Å²) in [5.74, 6) is -0.232. The number of aryl methyl sites for hydroxylation is 1. The summed E-state index contributed by atoms with van der Waals surface area (Å²) in [7, 11) is 1.96. The van der Waals surface area contributed by atoms with E-state index in [1.807, 2.05) is 37.1 Å². The van der Waals surface area contributed by atoms with Gasteiger partial charge in [0.1, 0.15) is 5.82 Å². The molecule has 2 aromatic rings. The Morgan fingerprint density at radius 3 is 2.73 bits per heavy atom. The van der Waals surface area contributed by atoms with E-state index in [0.29, 0.717) is 11.4 Å². The summed E-state index contributed by atoms with van der Waals surface area (Å²) in [5.41, 5.74) is 3.68. The van der Waals surface area contributed by atoms with E-state index >= 15 is 0 Å². The lowest BCUT2D eigenvalue weighted by Gasteiger charge is -2.11. The van der Waals surface area contributed by atoms with E-state index < -0.39 is 0 Å². The maximum Gasteiger partial charge on any atom is 0.123 e. The van der Waals surface area contributed by atoms with Crippen molar-refractivity contribution in [2.75, 3.05) is 13.6 Å². The molecule has 0 unspecified atom stereocenters. The van der Waals surface area contributed by atoms with Gasteiger partial charge in [-0.3, -0.25) is 0 Å². The zero-order valence-corrected chi connectivity index (χ0v) is 13.9. The molecule has 4 heteroatoms. The van der Waals surface area contributed by atoms with Gasteiger partial charge in [0.15, 0.2) is 0 Å². The summed E-state index contributed by atoms with van der Waals surface area (Å²) >= 11 is 6.47. The molecule has 0 heterocycles. The molecule has 2 rings (SSSR count). The third-order valence-corrected chi connectivity index (χ3v) is 3.89. The summed E-state index contributed by atoms with van der Waals surface area (Å²) in [5, 5.41) is 0.621. The lowest BCUT2D eigenvalue weighted by Crippen LogP contribution is -2.14. The van der Waals surface area contributed by atoms with Gasteiger partial charge in [-0.2, -0.15) is 0 Å². The molecule has 2 nitrogen and oxygen atoms in total. The van der Waals surface area contributed by atoms with Crippen LogP contribution in [0.2, 0.25) is 5.02 Å². The van der Waals surface area contributed by atoms with Gasteiger partial charge in [0, 0.05) is 13.6 Å². The largest absolute Gasteiger partial charge is 0.366 e. The molecular weight excluding hydrogens is 299 g/mol. The molecule has 0 aliphatic carbocycles. The molecule has 0 saturated heterocycles. The quantitative estimate of drug-likeness (QED) is 0.560. The zero-order chi connectivity index (χ0) is 16.1. The molecule has 0 aliphatic heterocycles. The second-order valence-electron chi connectivity index (χ2n) is 5.38. The van der Waals surface area contributed by atoms with Gasteiger partial charge in [-0.25, -0.2) is 9.38 Å². The summed E-state index contributed by atoms with van der Waals surface area (Å²) in [6.07, 6.45) is 2.36. The first-order chi connectivity index (χ1) is 10.5. The predicted molar refractivity (Wildman–Crippen MR) is 91.9 cm³/mol. The van der Waals surface area contributed by atoms with Gasteiger partial charge in [0.25, 0.3) is 0 Å². The minimum atomic E-state index is -0.232. The lowest BCUT2D eigenvalue weighted by atomic mass is 10.0. The highest BCUT2D eigenvalue weighted by atomic mass is 35.5. The molecule has 0 atom stereocenters. The Bertz CT molecular complexity index is 683. The summed E-state index contributed by atoms with van der Waals surface area (Å²) in [4.78, 5) is 6.43. The molecule has 2 aromatic carbocycles. The summed E-state index contributed by atoms with van der Waals surface area (Å²) in [6, 6.07) is 10.6. The van der Waals surface area contributed by atoms with Crippen molar-refractivity contribution in [3.05, 3.63) is 63.9 Å². The van der Waals surface area contributed by atoms with Crippen LogP contribution in [0.4, 0.5) is 10.1 Å². The molecule has 0 spiro atoms. The highest BCUT2D eigenvalue weighted by molar-refractivity contribution is 6.33. The number of benzene rings is 2. The smallest absolute Gasteiger partial charge is 0.123 e. The van der Waals surface area contributed by atoms with Crippen molar-refractivity contribution in [1.29, 1.82) is 0 Å². The van der Waals surface area contributed by atoms with Gasteiger partial charge >= 0.3 is 0 Å². The number of nitrogens with zero attached hydrogens (tertiary/aromatic N) is 2. The summed E-state index contributed by atoms with van der Waals surface area (Å²) in [6.45, 7) is 4.94. The van der Waals surface area contributed by atoms with Crippen molar-refractivity contribution in [2.45, 2.75) is 20.3 Å². The monoisotopic (exact) mass is 318 g/mol. The van der Waals surface area contributed by atoms with Crippen molar-refractivity contribution in [1.82, 2.24) is 4.90 Å². The van der Waals surface area contributed by atoms with Crippen molar-refractivity contribution >= 4 is 23.6 Å². The van der Waals surface area contributed by atoms with E-state index in [9.17, 15) is 4.39 Å². The molecule has 116 valence electrons. The molecule has 0 fully saturated rings. The highest BCUT2D eigenvalue weighted by Crippen LogP contribution is 2.31. The van der Waals surface area contributed by atoms with Crippen LogP contribution in [0.15, 0.2) is 41.4 Å². The van der Waals surface area contributed by atoms with Crippen LogP contribution in [0.1, 0.15) is 23.6 Å². The Morgan fingerprint density at radius 2 is 2.05 bits per heavy atom. The first-order valence-corrected chi connectivity index (χ1v) is 7.65. The van der Waals surface area contributed by atoms with E-state index in [2.05, 4.69) is 11.9 Å². The standard InChI is InChI=1S/C18H20ClFN2/c1-4-22(3)12-21-17-9-13(2)8-15(18(17)19)10-14-6-5-7-16(20)11-14/h5-9,11-12H,4,10H2,1-3H3/b21-12-. The van der Waals surface area contributed by atoms with Crippen LogP contribution in [0.5, 0.6) is 0 Å². The van der Waals surface area contributed by atoms with E-state index in [1.54, 1.807) is 12.4 Å². The first-order valence-electron chi connectivity index (χ1n) is 7.27. The van der Waals surface area contributed by atoms with Crippen LogP contribution < -0.4 is 0 Å². The molecule has 0 N–H and O–H groups in total. The lowest BCUT2D eigenvalue weighted by molar-refractivity contribution is 0.552. The van der Waals surface area contributed by atoms with Crippen molar-refractivity contribution in [3.63, 3.8) is 0 Å². The van der Waals surface area contributed by atoms with Crippen LogP contribution in [0, 0.1) is 12.7 Å². The minimum Gasteiger partial charge on any atom is -0.366 e. The maximum atomic E-state index is 13.3. The number of aliphatic imine (C=N–C) groups is 1. The van der Waals surface area contributed by atoms with Crippen LogP contribution in [0.25, 0.3) is 0 Å². The average molecular weight is 319 g/mol. The van der Waals surface area contributed by atoms with Crippen molar-refractivity contribution < 1.29 is 4.39 Å². The molecule has 0 aromatic heterocycles. The Hall–Kier alpha value is -1.87. The van der Waals surface area contributed by atoms with Gasteiger partial charge in [-0.1, -0.05) is 29.8 Å². The molecule has 22 heavy (non-hydrogen) atoms. The fourth-order valence-corrected chi connectivity index (χ4v) is 2.38. The molecule has 0 saturated carbocycles. The fraction of sp³-hybridized carbons (Fsp3) is 0.278. The number of halogens is 2. The molecule has 0 bridgehead atoms. The first kappa shape index (κ1) is 16.5. The Labute approximate surface area is 136 Å². The van der Waals surface area contributed by atoms with E-state index in [4.69, 9.17) is 11.6 Å². The number of hydrogen-bond acceptors (Lipinski definition) is 1. The average Bonchev–Trinajstić information content (AvgIpc) is 2.48. The van der Waals surface area contributed by atoms with Crippen LogP contribution in [0.3, 0.4) is 0 Å². The molecule has 0 radical (unpaired) electrons. The maximum absolute atomic E-state index is 13.3. The van der Waals surface area contributed by atoms with Gasteiger partial charge in [0.2, 0.25) is 0 Å². The van der Waals surface area contributed by atoms with Gasteiger partial charge in [-0.05, 0) is 55.2 Å². The van der Waals surface area contributed by atoms with Crippen LogP contribution in [-0.4, -0.2) is 24.8 Å². The summed E-state index contributed by atoms with van der Waals surface area (Å²) < 4.78 is 13.3. The highest BCUT2D eigenvalue weighted by Gasteiger charge is 2.08. The van der Waals surface area contributed by atoms with Gasteiger partial charge in [-0.15, -0.1) is 0 Å². The molecule has 0 amide bonds. The van der Waals surface area contributed by atoms with Crippen molar-refractivity contribution in [2.24, 2.45) is 4.99 Å². The third kappa shape index (κ3) is 4.31. The number of rotatable bonds is 5. The molecular formula is C18H20ClFN2. The minimum absolute atomic E-state index is 0.232. The molecule has 0 aliphatic rings. The second-order valence-corrected chi connectivity index (χ2v) is 5.76. The predicted octanol–water partition coefficient (Wildman–Crippen LogP) is 4.99.